The van der Waals surface area contributed by atoms with E-state index in [1.165, 1.54) is 5.57 Å². The first-order valence-corrected chi connectivity index (χ1v) is 11.4. The maximum absolute atomic E-state index is 12.9. The van der Waals surface area contributed by atoms with E-state index >= 15 is 0 Å². The van der Waals surface area contributed by atoms with E-state index in [4.69, 9.17) is 9.84 Å². The van der Waals surface area contributed by atoms with Gasteiger partial charge in [-0.1, -0.05) is 26.8 Å². The van der Waals surface area contributed by atoms with Gasteiger partial charge in [-0.3, -0.25) is 4.79 Å². The van der Waals surface area contributed by atoms with Gasteiger partial charge in [0.15, 0.2) is 0 Å². The van der Waals surface area contributed by atoms with Crippen LogP contribution in [0.1, 0.15) is 24.0 Å². The zero-order valence-corrected chi connectivity index (χ0v) is 18.1. The molecule has 3 aliphatic heterocycles. The van der Waals surface area contributed by atoms with Crippen LogP contribution in [0.25, 0.3) is 5.31 Å². The number of hydrogen-bond donors (Lipinski definition) is 1. The minimum Gasteiger partial charge on any atom is -0.496 e. The van der Waals surface area contributed by atoms with Crippen molar-refractivity contribution in [2.45, 2.75) is 25.5 Å². The molecule has 3 aliphatic rings. The summed E-state index contributed by atoms with van der Waals surface area (Å²) >= 11 is 0. The zero-order valence-electron chi connectivity index (χ0n) is 17.1. The summed E-state index contributed by atoms with van der Waals surface area (Å²) in [5.41, 5.74) is 3.45. The van der Waals surface area contributed by atoms with E-state index in [1.807, 2.05) is 24.0 Å². The molecular weight excluding hydrogens is 383 g/mol. The molecule has 6 heteroatoms. The Balaban J connectivity index is 1.48. The number of fused-ring (bicyclic) bond motifs is 1. The number of β-amino-alcohol motifs (C(OH)–C–C–N with tert-alkyl or cyclic N) is 1. The summed E-state index contributed by atoms with van der Waals surface area (Å²) in [7, 11) is 2.21. The van der Waals surface area contributed by atoms with Gasteiger partial charge in [-0.25, -0.2) is 0 Å². The number of hydrogen-bond acceptors (Lipinski definition) is 4. The number of likely N-dealkylation sites (tertiary alicyclic amines) is 1. The average Bonchev–Trinajstić information content (AvgIpc) is 2.74. The predicted octanol–water partition coefficient (Wildman–Crippen LogP) is 3.35. The molecule has 4 rings (SSSR count). The molecule has 1 amide bonds. The quantitative estimate of drug-likeness (QED) is 0.754. The fourth-order valence-electron chi connectivity index (χ4n) is 4.38. The van der Waals surface area contributed by atoms with Crippen LogP contribution in [0.5, 0.6) is 5.75 Å². The normalized spacial score (nSPS) is 23.8. The number of ether oxygens (including phenoxy) is 1. The van der Waals surface area contributed by atoms with Crippen LogP contribution in [0.15, 0.2) is 48.2 Å². The number of aliphatic hydroxyl groups excluding tert-OH is 1. The lowest BCUT2D eigenvalue weighted by atomic mass is 9.88. The molecule has 0 spiro atoms. The van der Waals surface area contributed by atoms with E-state index in [0.29, 0.717) is 14.5 Å². The molecule has 1 saturated heterocycles. The SMILES string of the molecule is COc1ccc(C2=CC(=O)N3C=C(C4CCN(CCO)CC4)C=CC3P2)cc1C. The third kappa shape index (κ3) is 4.32. The number of nitrogens with zero attached hydrogens (tertiary/aromatic N) is 2. The van der Waals surface area contributed by atoms with E-state index < -0.39 is 0 Å². The highest BCUT2D eigenvalue weighted by atomic mass is 31.1. The smallest absolute Gasteiger partial charge is 0.252 e. The van der Waals surface area contributed by atoms with Crippen LogP contribution in [0.4, 0.5) is 0 Å². The lowest BCUT2D eigenvalue weighted by Gasteiger charge is -2.37. The number of carbonyl (C=O) groups excluding carboxylic acids is 1. The number of amides is 1. The van der Waals surface area contributed by atoms with Gasteiger partial charge in [-0.15, -0.1) is 0 Å². The summed E-state index contributed by atoms with van der Waals surface area (Å²) in [5.74, 6) is 1.55. The Morgan fingerprint density at radius 2 is 2.07 bits per heavy atom. The number of methoxy groups -OCH3 is 1. The minimum atomic E-state index is 0.0665. The molecular formula is C23H29N2O3P. The van der Waals surface area contributed by atoms with Crippen molar-refractivity contribution in [3.05, 3.63) is 59.3 Å². The van der Waals surface area contributed by atoms with Crippen molar-refractivity contribution >= 4 is 19.8 Å². The van der Waals surface area contributed by atoms with Crippen molar-refractivity contribution in [3.63, 3.8) is 0 Å². The maximum atomic E-state index is 12.9. The Hall–Kier alpha value is -1.94. The van der Waals surface area contributed by atoms with Crippen molar-refractivity contribution in [1.29, 1.82) is 0 Å². The van der Waals surface area contributed by atoms with Gasteiger partial charge in [0.1, 0.15) is 5.75 Å². The van der Waals surface area contributed by atoms with Gasteiger partial charge >= 0.3 is 0 Å². The van der Waals surface area contributed by atoms with E-state index in [2.05, 4.69) is 29.3 Å². The van der Waals surface area contributed by atoms with Crippen LogP contribution in [0, 0.1) is 12.8 Å². The number of allylic oxidation sites excluding steroid dienone is 2. The molecule has 5 nitrogen and oxygen atoms in total. The second kappa shape index (κ2) is 8.83. The predicted molar refractivity (Wildman–Crippen MR) is 118 cm³/mol. The lowest BCUT2D eigenvalue weighted by molar-refractivity contribution is -0.123. The number of aryl methyl sites for hydroxylation is 1. The Kier molecular flexibility index (Phi) is 6.19. The van der Waals surface area contributed by atoms with E-state index in [-0.39, 0.29) is 18.3 Å². The molecule has 2 atom stereocenters. The molecule has 0 aromatic heterocycles. The van der Waals surface area contributed by atoms with Crippen molar-refractivity contribution in [2.75, 3.05) is 33.4 Å². The average molecular weight is 412 g/mol. The monoisotopic (exact) mass is 412 g/mol. The largest absolute Gasteiger partial charge is 0.496 e. The van der Waals surface area contributed by atoms with Gasteiger partial charge < -0.3 is 19.6 Å². The summed E-state index contributed by atoms with van der Waals surface area (Å²) in [5, 5.41) is 10.2. The number of aliphatic hydroxyl groups is 1. The number of carbonyl (C=O) groups is 1. The van der Waals surface area contributed by atoms with Crippen LogP contribution in [-0.2, 0) is 4.79 Å². The van der Waals surface area contributed by atoms with Crippen LogP contribution in [-0.4, -0.2) is 59.9 Å². The summed E-state index contributed by atoms with van der Waals surface area (Å²) < 4.78 is 5.36. The van der Waals surface area contributed by atoms with Gasteiger partial charge in [0.05, 0.1) is 19.5 Å². The molecule has 1 aromatic rings. The van der Waals surface area contributed by atoms with E-state index in [0.717, 1.165) is 54.7 Å². The van der Waals surface area contributed by atoms with Crippen LogP contribution < -0.4 is 4.74 Å². The van der Waals surface area contributed by atoms with Gasteiger partial charge in [-0.2, -0.15) is 0 Å². The van der Waals surface area contributed by atoms with Crippen LogP contribution in [0.2, 0.25) is 0 Å². The van der Waals surface area contributed by atoms with Gasteiger partial charge in [-0.05, 0) is 72.9 Å². The third-order valence-electron chi connectivity index (χ3n) is 6.07. The molecule has 29 heavy (non-hydrogen) atoms. The first-order valence-electron chi connectivity index (χ1n) is 10.3. The van der Waals surface area contributed by atoms with Crippen molar-refractivity contribution < 1.29 is 14.6 Å². The highest BCUT2D eigenvalue weighted by Crippen LogP contribution is 2.45. The number of rotatable bonds is 5. The second-order valence-electron chi connectivity index (χ2n) is 7.90. The molecule has 0 bridgehead atoms. The van der Waals surface area contributed by atoms with E-state index in [9.17, 15) is 4.79 Å². The molecule has 1 aromatic carbocycles. The zero-order chi connectivity index (χ0) is 20.4. The Morgan fingerprint density at radius 1 is 1.28 bits per heavy atom. The molecule has 0 aliphatic carbocycles. The Bertz CT molecular complexity index is 869. The molecule has 2 unspecified atom stereocenters. The summed E-state index contributed by atoms with van der Waals surface area (Å²) in [4.78, 5) is 17.1. The second-order valence-corrected chi connectivity index (χ2v) is 9.32. The number of benzene rings is 1. The van der Waals surface area contributed by atoms with Gasteiger partial charge in [0.2, 0.25) is 0 Å². The molecule has 1 fully saturated rings. The fraction of sp³-hybridized carbons (Fsp3) is 0.435. The fourth-order valence-corrected chi connectivity index (χ4v) is 5.76. The molecule has 0 radical (unpaired) electrons. The van der Waals surface area contributed by atoms with Crippen molar-refractivity contribution in [3.8, 4) is 5.75 Å². The summed E-state index contributed by atoms with van der Waals surface area (Å²) in [6, 6.07) is 6.13. The van der Waals surface area contributed by atoms with Crippen LogP contribution >= 0.6 is 8.58 Å². The third-order valence-corrected chi connectivity index (χ3v) is 7.58. The van der Waals surface area contributed by atoms with Crippen LogP contribution in [0.3, 0.4) is 0 Å². The lowest BCUT2D eigenvalue weighted by Crippen LogP contribution is -2.38. The molecule has 1 N–H and O–H groups in total. The Morgan fingerprint density at radius 3 is 2.76 bits per heavy atom. The summed E-state index contributed by atoms with van der Waals surface area (Å²) in [6.07, 6.45) is 10.5. The van der Waals surface area contributed by atoms with Crippen molar-refractivity contribution in [2.24, 2.45) is 5.92 Å². The van der Waals surface area contributed by atoms with E-state index in [1.54, 1.807) is 13.2 Å². The van der Waals surface area contributed by atoms with Crippen molar-refractivity contribution in [1.82, 2.24) is 9.80 Å². The minimum absolute atomic E-state index is 0.0665. The number of piperidine rings is 1. The molecule has 3 heterocycles. The standard InChI is InChI=1S/C23H29N2O3P/c1-16-13-18(3-5-20(16)28-2)21-14-22(27)25-15-19(4-6-23(25)29-21)17-7-9-24(10-8-17)11-12-26/h3-6,13-15,17,23,26,29H,7-12H2,1-2H3. The summed E-state index contributed by atoms with van der Waals surface area (Å²) in [6.45, 7) is 5.03. The first kappa shape index (κ1) is 20.3. The van der Waals surface area contributed by atoms with Gasteiger partial charge in [0, 0.05) is 18.8 Å². The topological polar surface area (TPSA) is 53.0 Å². The highest BCUT2D eigenvalue weighted by molar-refractivity contribution is 7.51. The first-order chi connectivity index (χ1) is 14.1. The maximum Gasteiger partial charge on any atom is 0.252 e. The molecule has 0 saturated carbocycles. The molecule has 154 valence electrons. The highest BCUT2D eigenvalue weighted by Gasteiger charge is 2.31. The Labute approximate surface area is 174 Å². The van der Waals surface area contributed by atoms with Gasteiger partial charge in [0.25, 0.3) is 5.91 Å².